The highest BCUT2D eigenvalue weighted by Crippen LogP contribution is 2.38. The number of hydrogen-bond acceptors (Lipinski definition) is 8. The van der Waals surface area contributed by atoms with E-state index in [4.69, 9.17) is 18.9 Å². The summed E-state index contributed by atoms with van der Waals surface area (Å²) in [6.07, 6.45) is 1.71. The Bertz CT molecular complexity index is 1890. The molecule has 0 aromatic heterocycles. The SMILES string of the molecule is CCOc1ccccc1-c1ccc([C@@H]2CCOC[C@H]2CS(=O)(=O)C(C)C)cc1.CCOc1ccccc1-c1ccc([C@H]2CCOC[C@@H]2CS(=O)(=O)C(C)C)cc1. The Kier molecular flexibility index (Phi) is 15.6. The van der Waals surface area contributed by atoms with E-state index in [-0.39, 0.29) is 45.7 Å². The van der Waals surface area contributed by atoms with Crippen molar-refractivity contribution in [1.29, 1.82) is 0 Å². The quantitative estimate of drug-likeness (QED) is 0.124. The van der Waals surface area contributed by atoms with Gasteiger partial charge in [0, 0.05) is 36.2 Å². The van der Waals surface area contributed by atoms with Crippen LogP contribution in [0.3, 0.4) is 0 Å². The summed E-state index contributed by atoms with van der Waals surface area (Å²) in [5.41, 5.74) is 6.72. The average molecular weight is 805 g/mol. The summed E-state index contributed by atoms with van der Waals surface area (Å²) >= 11 is 0. The summed E-state index contributed by atoms with van der Waals surface area (Å²) in [5.74, 6) is 2.55. The van der Waals surface area contributed by atoms with Gasteiger partial charge < -0.3 is 18.9 Å². The van der Waals surface area contributed by atoms with E-state index in [2.05, 4.69) is 60.7 Å². The fourth-order valence-electron chi connectivity index (χ4n) is 7.57. The molecule has 0 unspecified atom stereocenters. The number of para-hydroxylation sites is 2. The topological polar surface area (TPSA) is 105 Å². The lowest BCUT2D eigenvalue weighted by Gasteiger charge is -2.32. The molecule has 0 aliphatic carbocycles. The molecule has 0 spiro atoms. The summed E-state index contributed by atoms with van der Waals surface area (Å²) in [6.45, 7) is 14.6. The normalized spacial score (nSPS) is 20.3. The van der Waals surface area contributed by atoms with Crippen molar-refractivity contribution < 1.29 is 35.8 Å². The third-order valence-corrected chi connectivity index (χ3v) is 15.6. The van der Waals surface area contributed by atoms with Crippen molar-refractivity contribution in [2.75, 3.05) is 51.1 Å². The number of sulfone groups is 2. The van der Waals surface area contributed by atoms with E-state index >= 15 is 0 Å². The maximum absolute atomic E-state index is 12.4. The Morgan fingerprint density at radius 3 is 1.25 bits per heavy atom. The Balaban J connectivity index is 0.000000214. The minimum absolute atomic E-state index is 0.00251. The summed E-state index contributed by atoms with van der Waals surface area (Å²) in [6, 6.07) is 33.0. The highest BCUT2D eigenvalue weighted by atomic mass is 32.2. The zero-order valence-electron chi connectivity index (χ0n) is 33.9. The molecule has 56 heavy (non-hydrogen) atoms. The summed E-state index contributed by atoms with van der Waals surface area (Å²) in [7, 11) is -6.20. The van der Waals surface area contributed by atoms with Crippen LogP contribution in [0.2, 0.25) is 0 Å². The van der Waals surface area contributed by atoms with Crippen LogP contribution in [0.1, 0.15) is 77.3 Å². The predicted octanol–water partition coefficient (Wildman–Crippen LogP) is 9.39. The first-order chi connectivity index (χ1) is 26.8. The van der Waals surface area contributed by atoms with Gasteiger partial charge in [-0.25, -0.2) is 16.8 Å². The van der Waals surface area contributed by atoms with Crippen LogP contribution < -0.4 is 9.47 Å². The third-order valence-electron chi connectivity index (χ3n) is 11.0. The van der Waals surface area contributed by atoms with Gasteiger partial charge in [-0.1, -0.05) is 84.9 Å². The van der Waals surface area contributed by atoms with Crippen molar-refractivity contribution >= 4 is 19.7 Å². The fraction of sp³-hybridized carbons (Fsp3) is 0.478. The molecule has 304 valence electrons. The minimum atomic E-state index is -3.10. The maximum Gasteiger partial charge on any atom is 0.153 e. The second-order valence-corrected chi connectivity index (χ2v) is 20.5. The molecular formula is C46H60O8S2. The van der Waals surface area contributed by atoms with Crippen LogP contribution in [0.5, 0.6) is 11.5 Å². The van der Waals surface area contributed by atoms with Crippen molar-refractivity contribution in [3.8, 4) is 33.8 Å². The van der Waals surface area contributed by atoms with E-state index in [1.807, 2.05) is 50.2 Å². The summed E-state index contributed by atoms with van der Waals surface area (Å²) in [4.78, 5) is 0. The van der Waals surface area contributed by atoms with Crippen molar-refractivity contribution in [3.63, 3.8) is 0 Å². The van der Waals surface area contributed by atoms with E-state index in [9.17, 15) is 16.8 Å². The van der Waals surface area contributed by atoms with Crippen molar-refractivity contribution in [1.82, 2.24) is 0 Å². The van der Waals surface area contributed by atoms with E-state index in [1.165, 1.54) is 11.1 Å². The Morgan fingerprint density at radius 1 is 0.554 bits per heavy atom. The van der Waals surface area contributed by atoms with Gasteiger partial charge in [-0.05, 0) is 101 Å². The molecule has 2 heterocycles. The van der Waals surface area contributed by atoms with Crippen LogP contribution in [-0.4, -0.2) is 78.5 Å². The molecule has 4 aromatic carbocycles. The lowest BCUT2D eigenvalue weighted by molar-refractivity contribution is 0.0483. The van der Waals surface area contributed by atoms with E-state index < -0.39 is 19.7 Å². The van der Waals surface area contributed by atoms with Crippen LogP contribution in [0.25, 0.3) is 22.3 Å². The molecule has 4 aromatic rings. The van der Waals surface area contributed by atoms with Crippen LogP contribution in [0.15, 0.2) is 97.1 Å². The van der Waals surface area contributed by atoms with Gasteiger partial charge in [0.15, 0.2) is 19.7 Å². The van der Waals surface area contributed by atoms with Gasteiger partial charge >= 0.3 is 0 Å². The standard InChI is InChI=1S/2C23H30O4S/c2*1-4-27-23-8-6-5-7-22(23)19-11-9-18(10-12-19)21-13-14-26-15-20(21)16-28(24,25)17(2)3/h2*5-12,17,20-21H,4,13-16H2,1-3H3/t2*20-,21-/m10/s1. The second kappa shape index (κ2) is 20.1. The van der Waals surface area contributed by atoms with Crippen LogP contribution in [0.4, 0.5) is 0 Å². The Morgan fingerprint density at radius 2 is 0.911 bits per heavy atom. The molecule has 4 atom stereocenters. The van der Waals surface area contributed by atoms with Crippen molar-refractivity contribution in [3.05, 3.63) is 108 Å². The van der Waals surface area contributed by atoms with Crippen LogP contribution in [0, 0.1) is 11.8 Å². The number of benzene rings is 4. The Hall–Kier alpha value is -3.70. The first-order valence-electron chi connectivity index (χ1n) is 20.1. The minimum Gasteiger partial charge on any atom is -0.493 e. The highest BCUT2D eigenvalue weighted by molar-refractivity contribution is 7.92. The maximum atomic E-state index is 12.4. The van der Waals surface area contributed by atoms with Crippen molar-refractivity contribution in [2.24, 2.45) is 11.8 Å². The van der Waals surface area contributed by atoms with Gasteiger partial charge in [0.1, 0.15) is 11.5 Å². The molecule has 0 N–H and O–H groups in total. The molecular weight excluding hydrogens is 745 g/mol. The van der Waals surface area contributed by atoms with Gasteiger partial charge in [0.2, 0.25) is 0 Å². The van der Waals surface area contributed by atoms with Gasteiger partial charge in [-0.2, -0.15) is 0 Å². The molecule has 8 nitrogen and oxygen atoms in total. The summed E-state index contributed by atoms with van der Waals surface area (Å²) < 4.78 is 72.5. The van der Waals surface area contributed by atoms with E-state index in [0.717, 1.165) is 46.6 Å². The van der Waals surface area contributed by atoms with E-state index in [1.54, 1.807) is 27.7 Å². The molecule has 2 fully saturated rings. The number of rotatable bonds is 14. The van der Waals surface area contributed by atoms with Gasteiger partial charge in [0.05, 0.1) is 48.4 Å². The lowest BCUT2D eigenvalue weighted by Crippen LogP contribution is -2.34. The third kappa shape index (κ3) is 11.2. The smallest absolute Gasteiger partial charge is 0.153 e. The molecule has 0 bridgehead atoms. The lowest BCUT2D eigenvalue weighted by atomic mass is 9.83. The number of ether oxygens (including phenoxy) is 4. The molecule has 10 heteroatoms. The predicted molar refractivity (Wildman–Crippen MR) is 227 cm³/mol. The molecule has 0 amide bonds. The molecule has 2 saturated heterocycles. The highest BCUT2D eigenvalue weighted by Gasteiger charge is 2.34. The molecule has 2 aliphatic heterocycles. The molecule has 2 aliphatic rings. The molecule has 0 saturated carbocycles. The molecule has 6 rings (SSSR count). The zero-order chi connectivity index (χ0) is 40.3. The largest absolute Gasteiger partial charge is 0.493 e. The van der Waals surface area contributed by atoms with Crippen LogP contribution in [-0.2, 0) is 29.1 Å². The first-order valence-corrected chi connectivity index (χ1v) is 23.5. The molecule has 0 radical (unpaired) electrons. The van der Waals surface area contributed by atoms with E-state index in [0.29, 0.717) is 39.6 Å². The van der Waals surface area contributed by atoms with Crippen LogP contribution >= 0.6 is 0 Å². The second-order valence-electron chi connectivity index (χ2n) is 15.3. The number of hydrogen-bond donors (Lipinski definition) is 0. The Labute approximate surface area is 335 Å². The fourth-order valence-corrected chi connectivity index (χ4v) is 10.2. The van der Waals surface area contributed by atoms with Gasteiger partial charge in [-0.3, -0.25) is 0 Å². The van der Waals surface area contributed by atoms with Gasteiger partial charge in [0.25, 0.3) is 0 Å². The van der Waals surface area contributed by atoms with Gasteiger partial charge in [-0.15, -0.1) is 0 Å². The monoisotopic (exact) mass is 804 g/mol. The summed E-state index contributed by atoms with van der Waals surface area (Å²) in [5, 5.41) is -0.708. The average Bonchev–Trinajstić information content (AvgIpc) is 3.19. The zero-order valence-corrected chi connectivity index (χ0v) is 35.5. The van der Waals surface area contributed by atoms with Crippen molar-refractivity contribution in [2.45, 2.75) is 76.7 Å². The first kappa shape index (κ1) is 43.4.